The zero-order valence-electron chi connectivity index (χ0n) is 18.0. The van der Waals surface area contributed by atoms with E-state index < -0.39 is 5.24 Å². The number of aldehydes is 1. The minimum Gasteiger partial charge on any atom is -0.496 e. The summed E-state index contributed by atoms with van der Waals surface area (Å²) in [6, 6.07) is 5.66. The zero-order valence-corrected chi connectivity index (χ0v) is 18.0. The molecule has 0 bridgehead atoms. The van der Waals surface area contributed by atoms with Gasteiger partial charge in [-0.3, -0.25) is 14.6 Å². The molecule has 1 aliphatic rings. The maximum Gasteiger partial charge on any atom is 0.258 e. The van der Waals surface area contributed by atoms with E-state index in [0.29, 0.717) is 28.4 Å². The molecule has 0 unspecified atom stereocenters. The number of benzene rings is 1. The van der Waals surface area contributed by atoms with Crippen LogP contribution in [0.4, 0.5) is 0 Å². The normalized spacial score (nSPS) is 13.9. The molecule has 0 spiro atoms. The molecule has 9 heteroatoms. The Labute approximate surface area is 177 Å². The van der Waals surface area contributed by atoms with Crippen molar-refractivity contribution in [1.82, 2.24) is 9.55 Å². The second-order valence-corrected chi connectivity index (χ2v) is 8.73. The molecule has 1 aliphatic carbocycles. The van der Waals surface area contributed by atoms with Crippen molar-refractivity contribution in [3.05, 3.63) is 52.2 Å². The predicted octanol–water partition coefficient (Wildman–Crippen LogP) is 0.238. The highest BCUT2D eigenvalue weighted by atomic mass is 16.5. The number of carbonyl (C=O) groups excluding carboxylic acids is 1. The summed E-state index contributed by atoms with van der Waals surface area (Å²) in [7, 11) is 9.02. The van der Waals surface area contributed by atoms with Gasteiger partial charge in [-0.15, -0.1) is 0 Å². The van der Waals surface area contributed by atoms with Crippen LogP contribution in [0.25, 0.3) is 21.9 Å². The summed E-state index contributed by atoms with van der Waals surface area (Å²) in [5, 5.41) is 1.01. The van der Waals surface area contributed by atoms with Crippen LogP contribution < -0.4 is 15.0 Å². The van der Waals surface area contributed by atoms with Gasteiger partial charge in [0.15, 0.2) is 6.29 Å². The van der Waals surface area contributed by atoms with Crippen LogP contribution in [0.3, 0.4) is 0 Å². The first kappa shape index (κ1) is 20.3. The van der Waals surface area contributed by atoms with Crippen molar-refractivity contribution >= 4 is 40.6 Å². The van der Waals surface area contributed by atoms with Gasteiger partial charge in [-0.25, -0.2) is 0 Å². The summed E-state index contributed by atoms with van der Waals surface area (Å²) >= 11 is 0. The number of hydrogen-bond donors (Lipinski definition) is 0. The largest absolute Gasteiger partial charge is 0.496 e. The van der Waals surface area contributed by atoms with Crippen LogP contribution in [0, 0.1) is 0 Å². The van der Waals surface area contributed by atoms with Gasteiger partial charge >= 0.3 is 0 Å². The average molecular weight is 400 g/mol. The summed E-state index contributed by atoms with van der Waals surface area (Å²) in [5.74, 6) is 1.32. The molecule has 0 saturated heterocycles. The number of methoxy groups -OCH3 is 2. The Kier molecular flexibility index (Phi) is 5.00. The van der Waals surface area contributed by atoms with E-state index in [0.717, 1.165) is 41.3 Å². The third-order valence-corrected chi connectivity index (χ3v) is 5.61. The van der Waals surface area contributed by atoms with E-state index in [4.69, 9.17) is 9.47 Å². The van der Waals surface area contributed by atoms with Gasteiger partial charge in [0, 0.05) is 29.6 Å². The average Bonchev–Trinajstić information content (AvgIpc) is 3.57. The number of carbonyl (C=O) groups is 1. The van der Waals surface area contributed by atoms with Crippen LogP contribution in [0.15, 0.2) is 35.4 Å². The summed E-state index contributed by atoms with van der Waals surface area (Å²) in [5.41, 5.74) is 2.99. The minimum absolute atomic E-state index is 0.0699. The number of ether oxygens (including phenoxy) is 2. The van der Waals surface area contributed by atoms with Crippen molar-refractivity contribution in [3.63, 3.8) is 0 Å². The van der Waals surface area contributed by atoms with E-state index in [9.17, 15) is 9.59 Å². The van der Waals surface area contributed by atoms with E-state index >= 15 is 0 Å². The van der Waals surface area contributed by atoms with Crippen molar-refractivity contribution in [2.24, 2.45) is 0 Å². The number of pyridine rings is 2. The fourth-order valence-corrected chi connectivity index (χ4v) is 3.79. The first-order valence-corrected chi connectivity index (χ1v) is 10.1. The molecule has 1 fully saturated rings. The minimum atomic E-state index is -0.411. The van der Waals surface area contributed by atoms with Crippen LogP contribution in [-0.4, -0.2) is 53.6 Å². The molecule has 6 nitrogen and oxygen atoms in total. The predicted molar refractivity (Wildman–Crippen MR) is 126 cm³/mol. The fourth-order valence-electron chi connectivity index (χ4n) is 3.79. The Morgan fingerprint density at radius 2 is 1.73 bits per heavy atom. The second kappa shape index (κ2) is 7.38. The molecule has 0 N–H and O–H groups in total. The highest BCUT2D eigenvalue weighted by Gasteiger charge is 2.27. The van der Waals surface area contributed by atoms with Gasteiger partial charge in [0.1, 0.15) is 35.0 Å². The number of fused-ring (bicyclic) bond motifs is 1. The maximum absolute atomic E-state index is 13.2. The number of aromatic nitrogens is 2. The first-order chi connectivity index (χ1) is 14.3. The van der Waals surface area contributed by atoms with Gasteiger partial charge < -0.3 is 14.0 Å². The lowest BCUT2D eigenvalue weighted by Crippen LogP contribution is -2.42. The second-order valence-electron chi connectivity index (χ2n) is 8.73. The van der Waals surface area contributed by atoms with E-state index in [-0.39, 0.29) is 5.56 Å². The first-order valence-electron chi connectivity index (χ1n) is 10.1. The summed E-state index contributed by atoms with van der Waals surface area (Å²) < 4.78 is 12.6. The molecule has 0 atom stereocenters. The van der Waals surface area contributed by atoms with Crippen molar-refractivity contribution in [2.45, 2.75) is 24.0 Å². The van der Waals surface area contributed by atoms with E-state index in [1.54, 1.807) is 10.8 Å². The summed E-state index contributed by atoms with van der Waals surface area (Å²) in [6.45, 7) is 0. The molecule has 0 amide bonds. The Hall–Kier alpha value is -2.96. The van der Waals surface area contributed by atoms with Gasteiger partial charge in [-0.1, -0.05) is 0 Å². The van der Waals surface area contributed by atoms with Crippen LogP contribution >= 0.6 is 0 Å². The number of hydrogen-bond acceptors (Lipinski definition) is 5. The number of nitrogens with zero attached hydrogens (tertiary/aromatic N) is 2. The molecule has 30 heavy (non-hydrogen) atoms. The zero-order chi connectivity index (χ0) is 21.6. The van der Waals surface area contributed by atoms with Crippen molar-refractivity contribution in [3.8, 4) is 22.6 Å². The van der Waals surface area contributed by atoms with E-state index in [2.05, 4.69) is 4.98 Å². The lowest BCUT2D eigenvalue weighted by molar-refractivity contribution is 0.111. The smallest absolute Gasteiger partial charge is 0.258 e. The maximum atomic E-state index is 13.2. The molecule has 3 aromatic rings. The Morgan fingerprint density at radius 1 is 1.10 bits per heavy atom. The summed E-state index contributed by atoms with van der Waals surface area (Å²) in [4.78, 5) is 29.4. The van der Waals surface area contributed by atoms with Crippen LogP contribution in [-0.2, 0) is 5.24 Å². The van der Waals surface area contributed by atoms with Crippen LogP contribution in [0.2, 0.25) is 0 Å². The molecule has 1 aromatic carbocycles. The lowest BCUT2D eigenvalue weighted by Gasteiger charge is -2.25. The van der Waals surface area contributed by atoms with E-state index in [1.807, 2.05) is 47.9 Å². The van der Waals surface area contributed by atoms with Gasteiger partial charge in [0.25, 0.3) is 5.56 Å². The van der Waals surface area contributed by atoms with Crippen LogP contribution in [0.5, 0.6) is 11.5 Å². The van der Waals surface area contributed by atoms with E-state index in [1.165, 1.54) is 14.2 Å². The SMILES string of the molecule is BC(B)(B)n1cc(-c2cc(OC)c(C=O)c(OC)c2)c2cc(C3CC3)ncc2c1=O. The molecule has 0 radical (unpaired) electrons. The van der Waals surface area contributed by atoms with Gasteiger partial charge in [-0.05, 0) is 47.2 Å². The molecule has 4 rings (SSSR count). The molecule has 1 saturated carbocycles. The summed E-state index contributed by atoms with van der Waals surface area (Å²) in [6.07, 6.45) is 6.57. The molecular formula is C21H23B3N2O4. The Bertz CT molecular complexity index is 1190. The van der Waals surface area contributed by atoms with Crippen molar-refractivity contribution < 1.29 is 14.3 Å². The highest BCUT2D eigenvalue weighted by Crippen LogP contribution is 2.41. The third kappa shape index (κ3) is 3.42. The molecule has 2 aromatic heterocycles. The molecule has 150 valence electrons. The Morgan fingerprint density at radius 3 is 2.23 bits per heavy atom. The molecule has 2 heterocycles. The van der Waals surface area contributed by atoms with Gasteiger partial charge in [0.2, 0.25) is 0 Å². The van der Waals surface area contributed by atoms with Crippen molar-refractivity contribution in [1.29, 1.82) is 0 Å². The highest BCUT2D eigenvalue weighted by molar-refractivity contribution is 6.56. The van der Waals surface area contributed by atoms with Gasteiger partial charge in [-0.2, -0.15) is 0 Å². The fraction of sp³-hybridized carbons (Fsp3) is 0.286. The lowest BCUT2D eigenvalue weighted by atomic mass is 9.49. The third-order valence-electron chi connectivity index (χ3n) is 5.61. The Balaban J connectivity index is 2.08. The molecule has 0 aliphatic heterocycles. The topological polar surface area (TPSA) is 70.4 Å². The van der Waals surface area contributed by atoms with Crippen LogP contribution in [0.1, 0.15) is 34.8 Å². The van der Waals surface area contributed by atoms with Crippen molar-refractivity contribution in [2.75, 3.05) is 14.2 Å². The standard InChI is InChI=1S/C21H23B3N2O4/c1-29-18-5-12(6-19(30-2)16(18)10-27)15-9-26(21(22,23)24)20(28)14-8-25-17(7-13(14)15)11-3-4-11/h5-11H,3-4,22-24H2,1-2H3. The molecular weight excluding hydrogens is 377 g/mol. The quantitative estimate of drug-likeness (QED) is 0.438. The number of rotatable bonds is 6. The van der Waals surface area contributed by atoms with Gasteiger partial charge in [0.05, 0.1) is 25.2 Å². The monoisotopic (exact) mass is 400 g/mol.